The number of fused-ring (bicyclic) bond motifs is 2. The molecule has 2 aliphatic rings. The summed E-state index contributed by atoms with van der Waals surface area (Å²) in [7, 11) is 2.05. The lowest BCUT2D eigenvalue weighted by atomic mass is 9.97. The molecule has 2 saturated heterocycles. The van der Waals surface area contributed by atoms with E-state index in [4.69, 9.17) is 0 Å². The van der Waals surface area contributed by atoms with Gasteiger partial charge in [0.2, 0.25) is 0 Å². The second kappa shape index (κ2) is 5.63. The highest BCUT2D eigenvalue weighted by molar-refractivity contribution is 5.02. The Hall–Kier alpha value is -0.870. The van der Waals surface area contributed by atoms with E-state index < -0.39 is 0 Å². The minimum atomic E-state index is 0.758. The molecule has 0 aromatic carbocycles. The van der Waals surface area contributed by atoms with Crippen molar-refractivity contribution in [2.75, 3.05) is 6.54 Å². The number of hydrogen-bond donors (Lipinski definition) is 1. The normalized spacial score (nSPS) is 30.2. The number of aromatic nitrogens is 2. The van der Waals surface area contributed by atoms with Gasteiger partial charge in [-0.25, -0.2) is 0 Å². The average molecular weight is 262 g/mol. The van der Waals surface area contributed by atoms with Crippen LogP contribution < -0.4 is 5.32 Å². The summed E-state index contributed by atoms with van der Waals surface area (Å²) in [6.45, 7) is 4.54. The molecule has 3 rings (SSSR count). The summed E-state index contributed by atoms with van der Waals surface area (Å²) in [5, 5.41) is 8.04. The van der Waals surface area contributed by atoms with Gasteiger partial charge in [-0.2, -0.15) is 5.10 Å². The molecule has 4 heteroatoms. The van der Waals surface area contributed by atoms with Crippen molar-refractivity contribution in [1.82, 2.24) is 20.0 Å². The molecule has 2 atom stereocenters. The van der Waals surface area contributed by atoms with Crippen LogP contribution in [-0.2, 0) is 13.6 Å². The molecule has 1 aromatic rings. The van der Waals surface area contributed by atoms with Crippen LogP contribution in [0.2, 0.25) is 0 Å². The first-order valence-corrected chi connectivity index (χ1v) is 7.73. The summed E-state index contributed by atoms with van der Waals surface area (Å²) in [6, 6.07) is 4.45. The first-order valence-electron chi connectivity index (χ1n) is 7.73. The van der Waals surface area contributed by atoms with E-state index >= 15 is 0 Å². The molecule has 106 valence electrons. The van der Waals surface area contributed by atoms with Gasteiger partial charge in [-0.1, -0.05) is 6.92 Å². The van der Waals surface area contributed by atoms with Crippen LogP contribution >= 0.6 is 0 Å². The van der Waals surface area contributed by atoms with Crippen molar-refractivity contribution in [3.05, 3.63) is 18.0 Å². The Kier molecular flexibility index (Phi) is 3.89. The molecule has 2 unspecified atom stereocenters. The Labute approximate surface area is 116 Å². The lowest BCUT2D eigenvalue weighted by molar-refractivity contribution is 0.131. The summed E-state index contributed by atoms with van der Waals surface area (Å²) in [5.41, 5.74) is 1.33. The molecule has 2 aliphatic heterocycles. The average Bonchev–Trinajstić information content (AvgIpc) is 2.95. The zero-order chi connectivity index (χ0) is 13.2. The van der Waals surface area contributed by atoms with Crippen LogP contribution in [0.1, 0.15) is 44.7 Å². The SMILES string of the molecule is CCCN(Cc1ccnn1C)C1CC2CCC(C1)N2. The molecule has 4 nitrogen and oxygen atoms in total. The fourth-order valence-electron chi connectivity index (χ4n) is 3.77. The third kappa shape index (κ3) is 2.84. The van der Waals surface area contributed by atoms with Gasteiger partial charge >= 0.3 is 0 Å². The fraction of sp³-hybridized carbons (Fsp3) is 0.800. The van der Waals surface area contributed by atoms with Gasteiger partial charge < -0.3 is 5.32 Å². The Bertz CT molecular complexity index is 402. The molecule has 19 heavy (non-hydrogen) atoms. The predicted molar refractivity (Wildman–Crippen MR) is 76.9 cm³/mol. The number of aryl methyl sites for hydroxylation is 1. The Morgan fingerprint density at radius 3 is 2.68 bits per heavy atom. The van der Waals surface area contributed by atoms with Gasteiger partial charge in [0, 0.05) is 37.9 Å². The largest absolute Gasteiger partial charge is 0.311 e. The van der Waals surface area contributed by atoms with Crippen LogP contribution in [0.25, 0.3) is 0 Å². The molecular formula is C15H26N4. The quantitative estimate of drug-likeness (QED) is 0.880. The van der Waals surface area contributed by atoms with Gasteiger partial charge in [0.25, 0.3) is 0 Å². The zero-order valence-corrected chi connectivity index (χ0v) is 12.2. The monoisotopic (exact) mass is 262 g/mol. The van der Waals surface area contributed by atoms with E-state index in [1.54, 1.807) is 0 Å². The molecule has 1 N–H and O–H groups in total. The summed E-state index contributed by atoms with van der Waals surface area (Å²) in [5.74, 6) is 0. The van der Waals surface area contributed by atoms with Gasteiger partial charge in [0.15, 0.2) is 0 Å². The van der Waals surface area contributed by atoms with Crippen LogP contribution in [0, 0.1) is 0 Å². The lowest BCUT2D eigenvalue weighted by Crippen LogP contribution is -2.48. The Balaban J connectivity index is 1.68. The molecular weight excluding hydrogens is 236 g/mol. The lowest BCUT2D eigenvalue weighted by Gasteiger charge is -2.37. The van der Waals surface area contributed by atoms with Gasteiger partial charge in [0.05, 0.1) is 5.69 Å². The predicted octanol–water partition coefficient (Wildman–Crippen LogP) is 1.92. The number of nitrogens with one attached hydrogen (secondary N) is 1. The van der Waals surface area contributed by atoms with E-state index in [1.807, 2.05) is 17.9 Å². The minimum absolute atomic E-state index is 0.758. The first-order chi connectivity index (χ1) is 9.26. The summed E-state index contributed by atoms with van der Waals surface area (Å²) >= 11 is 0. The van der Waals surface area contributed by atoms with Crippen molar-refractivity contribution in [2.24, 2.45) is 7.05 Å². The maximum absolute atomic E-state index is 4.29. The maximum Gasteiger partial charge on any atom is 0.0521 e. The summed E-state index contributed by atoms with van der Waals surface area (Å²) < 4.78 is 2.01. The topological polar surface area (TPSA) is 33.1 Å². The second-order valence-electron chi connectivity index (χ2n) is 6.18. The molecule has 3 heterocycles. The van der Waals surface area contributed by atoms with E-state index in [9.17, 15) is 0 Å². The molecule has 0 saturated carbocycles. The second-order valence-corrected chi connectivity index (χ2v) is 6.18. The van der Waals surface area contributed by atoms with Crippen molar-refractivity contribution in [2.45, 2.75) is 63.7 Å². The standard InChI is InChI=1S/C15H26N4/c1-3-8-19(11-14-6-7-16-18(14)2)15-9-12-4-5-13(10-15)17-12/h6-7,12-13,15,17H,3-5,8-11H2,1-2H3. The smallest absolute Gasteiger partial charge is 0.0521 e. The molecule has 0 aliphatic carbocycles. The van der Waals surface area contributed by atoms with Crippen LogP contribution in [0.5, 0.6) is 0 Å². The molecule has 2 bridgehead atoms. The van der Waals surface area contributed by atoms with Crippen LogP contribution in [0.4, 0.5) is 0 Å². The van der Waals surface area contributed by atoms with E-state index in [2.05, 4.69) is 28.3 Å². The van der Waals surface area contributed by atoms with E-state index in [0.29, 0.717) is 0 Å². The van der Waals surface area contributed by atoms with E-state index in [1.165, 1.54) is 44.3 Å². The highest BCUT2D eigenvalue weighted by atomic mass is 15.3. The number of rotatable bonds is 5. The Morgan fingerprint density at radius 2 is 2.11 bits per heavy atom. The number of nitrogens with zero attached hydrogens (tertiary/aromatic N) is 3. The molecule has 1 aromatic heterocycles. The first kappa shape index (κ1) is 13.1. The fourth-order valence-corrected chi connectivity index (χ4v) is 3.77. The van der Waals surface area contributed by atoms with Gasteiger partial charge in [0.1, 0.15) is 0 Å². The zero-order valence-electron chi connectivity index (χ0n) is 12.2. The summed E-state index contributed by atoms with van der Waals surface area (Å²) in [4.78, 5) is 2.68. The minimum Gasteiger partial charge on any atom is -0.311 e. The molecule has 2 fully saturated rings. The molecule has 0 amide bonds. The highest BCUT2D eigenvalue weighted by Crippen LogP contribution is 2.30. The summed E-state index contributed by atoms with van der Waals surface area (Å²) in [6.07, 6.45) is 8.56. The van der Waals surface area contributed by atoms with Crippen molar-refractivity contribution in [3.63, 3.8) is 0 Å². The van der Waals surface area contributed by atoms with Gasteiger partial charge in [-0.15, -0.1) is 0 Å². The Morgan fingerprint density at radius 1 is 1.37 bits per heavy atom. The van der Waals surface area contributed by atoms with Gasteiger partial charge in [-0.05, 0) is 44.7 Å². The molecule has 0 radical (unpaired) electrons. The highest BCUT2D eigenvalue weighted by Gasteiger charge is 2.35. The van der Waals surface area contributed by atoms with Crippen LogP contribution in [-0.4, -0.2) is 39.4 Å². The third-order valence-electron chi connectivity index (χ3n) is 4.76. The van der Waals surface area contributed by atoms with Crippen molar-refractivity contribution >= 4 is 0 Å². The van der Waals surface area contributed by atoms with Crippen LogP contribution in [0.3, 0.4) is 0 Å². The molecule has 0 spiro atoms. The third-order valence-corrected chi connectivity index (χ3v) is 4.76. The van der Waals surface area contributed by atoms with Crippen molar-refractivity contribution in [3.8, 4) is 0 Å². The van der Waals surface area contributed by atoms with Crippen LogP contribution in [0.15, 0.2) is 12.3 Å². The van der Waals surface area contributed by atoms with E-state index in [0.717, 1.165) is 24.7 Å². The number of hydrogen-bond acceptors (Lipinski definition) is 3. The number of piperidine rings is 1. The maximum atomic E-state index is 4.29. The van der Waals surface area contributed by atoms with E-state index in [-0.39, 0.29) is 0 Å². The van der Waals surface area contributed by atoms with Crippen molar-refractivity contribution < 1.29 is 0 Å². The van der Waals surface area contributed by atoms with Crippen molar-refractivity contribution in [1.29, 1.82) is 0 Å². The van der Waals surface area contributed by atoms with Gasteiger partial charge in [-0.3, -0.25) is 9.58 Å².